The van der Waals surface area contributed by atoms with Gasteiger partial charge in [-0.2, -0.15) is 0 Å². The SMILES string of the molecule is CCC(CC)Nc1nc(C)nc2c(-c3ccc(Cl)cc3Cl)noc12. The molecule has 2 heterocycles. The van der Waals surface area contributed by atoms with Gasteiger partial charge in [-0.25, -0.2) is 9.97 Å². The zero-order chi connectivity index (χ0) is 17.3. The van der Waals surface area contributed by atoms with Crippen LogP contribution in [0.2, 0.25) is 10.0 Å². The van der Waals surface area contributed by atoms with E-state index in [9.17, 15) is 0 Å². The molecule has 2 aromatic heterocycles. The Morgan fingerprint density at radius 2 is 1.92 bits per heavy atom. The number of aryl methyl sites for hydroxylation is 1. The molecular weight excluding hydrogens is 347 g/mol. The highest BCUT2D eigenvalue weighted by atomic mass is 35.5. The highest BCUT2D eigenvalue weighted by Crippen LogP contribution is 2.35. The zero-order valence-corrected chi connectivity index (χ0v) is 15.2. The van der Waals surface area contributed by atoms with Crippen LogP contribution in [0.1, 0.15) is 32.5 Å². The van der Waals surface area contributed by atoms with Gasteiger partial charge in [-0.05, 0) is 38.0 Å². The van der Waals surface area contributed by atoms with E-state index in [0.29, 0.717) is 44.5 Å². The number of benzene rings is 1. The highest BCUT2D eigenvalue weighted by molar-refractivity contribution is 6.36. The van der Waals surface area contributed by atoms with Gasteiger partial charge in [0.05, 0.1) is 5.02 Å². The van der Waals surface area contributed by atoms with Crippen molar-refractivity contribution in [3.8, 4) is 11.3 Å². The van der Waals surface area contributed by atoms with Crippen LogP contribution in [0.3, 0.4) is 0 Å². The normalized spacial score (nSPS) is 11.4. The minimum Gasteiger partial charge on any atom is -0.364 e. The highest BCUT2D eigenvalue weighted by Gasteiger charge is 2.20. The number of fused-ring (bicyclic) bond motifs is 1. The van der Waals surface area contributed by atoms with Gasteiger partial charge >= 0.3 is 0 Å². The van der Waals surface area contributed by atoms with Crippen molar-refractivity contribution in [3.63, 3.8) is 0 Å². The van der Waals surface area contributed by atoms with E-state index in [1.165, 1.54) is 0 Å². The summed E-state index contributed by atoms with van der Waals surface area (Å²) in [5, 5.41) is 8.65. The molecule has 0 atom stereocenters. The Balaban J connectivity index is 2.14. The van der Waals surface area contributed by atoms with Gasteiger partial charge < -0.3 is 9.84 Å². The van der Waals surface area contributed by atoms with Crippen molar-refractivity contribution in [2.75, 3.05) is 5.32 Å². The predicted octanol–water partition coefficient (Wildman–Crippen LogP) is 5.50. The van der Waals surface area contributed by atoms with E-state index in [4.69, 9.17) is 27.7 Å². The Labute approximate surface area is 150 Å². The van der Waals surface area contributed by atoms with Crippen molar-refractivity contribution >= 4 is 40.1 Å². The van der Waals surface area contributed by atoms with E-state index in [0.717, 1.165) is 18.4 Å². The fourth-order valence-corrected chi connectivity index (χ4v) is 3.08. The van der Waals surface area contributed by atoms with E-state index in [1.54, 1.807) is 12.1 Å². The summed E-state index contributed by atoms with van der Waals surface area (Å²) in [7, 11) is 0. The molecule has 3 rings (SSSR count). The Hall–Kier alpha value is -1.85. The number of hydrogen-bond donors (Lipinski definition) is 1. The Kier molecular flexibility index (Phi) is 4.92. The van der Waals surface area contributed by atoms with Crippen LogP contribution in [0.25, 0.3) is 22.4 Å². The quantitative estimate of drug-likeness (QED) is 0.647. The van der Waals surface area contributed by atoms with Crippen molar-refractivity contribution < 1.29 is 4.52 Å². The summed E-state index contributed by atoms with van der Waals surface area (Å²) in [5.74, 6) is 1.31. The maximum atomic E-state index is 6.31. The first kappa shape index (κ1) is 17.0. The Bertz CT molecular complexity index is 874. The molecule has 0 aliphatic carbocycles. The van der Waals surface area contributed by atoms with E-state index >= 15 is 0 Å². The summed E-state index contributed by atoms with van der Waals surface area (Å²) < 4.78 is 5.54. The van der Waals surface area contributed by atoms with Gasteiger partial charge in [0, 0.05) is 16.6 Å². The molecule has 0 bridgehead atoms. The molecule has 0 aliphatic heterocycles. The summed E-state index contributed by atoms with van der Waals surface area (Å²) >= 11 is 12.3. The van der Waals surface area contributed by atoms with Crippen LogP contribution in [0, 0.1) is 6.92 Å². The number of nitrogens with one attached hydrogen (secondary N) is 1. The van der Waals surface area contributed by atoms with E-state index in [1.807, 2.05) is 13.0 Å². The molecule has 0 fully saturated rings. The fourth-order valence-electron chi connectivity index (χ4n) is 2.59. The first-order valence-electron chi connectivity index (χ1n) is 7.89. The lowest BCUT2D eigenvalue weighted by atomic mass is 10.1. The number of aromatic nitrogens is 3. The molecule has 1 N–H and O–H groups in total. The maximum Gasteiger partial charge on any atom is 0.228 e. The molecule has 0 saturated carbocycles. The van der Waals surface area contributed by atoms with E-state index in [2.05, 4.69) is 34.3 Å². The second-order valence-corrected chi connectivity index (χ2v) is 6.45. The van der Waals surface area contributed by atoms with Crippen LogP contribution in [0.4, 0.5) is 5.82 Å². The van der Waals surface area contributed by atoms with Crippen molar-refractivity contribution in [2.24, 2.45) is 0 Å². The van der Waals surface area contributed by atoms with Gasteiger partial charge in [0.1, 0.15) is 17.0 Å². The zero-order valence-electron chi connectivity index (χ0n) is 13.7. The number of halogens is 2. The van der Waals surface area contributed by atoms with Crippen LogP contribution in [0.15, 0.2) is 22.7 Å². The van der Waals surface area contributed by atoms with Gasteiger partial charge in [-0.3, -0.25) is 0 Å². The smallest absolute Gasteiger partial charge is 0.228 e. The fraction of sp³-hybridized carbons (Fsp3) is 0.353. The average Bonchev–Trinajstić information content (AvgIpc) is 2.96. The van der Waals surface area contributed by atoms with Crippen molar-refractivity contribution in [1.82, 2.24) is 15.1 Å². The van der Waals surface area contributed by atoms with Gasteiger partial charge in [0.2, 0.25) is 5.58 Å². The van der Waals surface area contributed by atoms with Crippen LogP contribution >= 0.6 is 23.2 Å². The van der Waals surface area contributed by atoms with Crippen LogP contribution in [-0.4, -0.2) is 21.2 Å². The standard InChI is InChI=1S/C17H18Cl2N4O/c1-4-11(5-2)22-17-16-15(20-9(3)21-17)14(23-24-16)12-7-6-10(18)8-13(12)19/h6-8,11H,4-5H2,1-3H3,(H,20,21,22). The third-order valence-corrected chi connectivity index (χ3v) is 4.49. The summed E-state index contributed by atoms with van der Waals surface area (Å²) in [4.78, 5) is 8.97. The van der Waals surface area contributed by atoms with E-state index < -0.39 is 0 Å². The molecule has 1 aromatic carbocycles. The van der Waals surface area contributed by atoms with Crippen LogP contribution in [-0.2, 0) is 0 Å². The van der Waals surface area contributed by atoms with Gasteiger partial charge in [-0.1, -0.05) is 42.2 Å². The molecular formula is C17H18Cl2N4O. The first-order valence-corrected chi connectivity index (χ1v) is 8.65. The number of anilines is 1. The maximum absolute atomic E-state index is 6.31. The largest absolute Gasteiger partial charge is 0.364 e. The van der Waals surface area contributed by atoms with Crippen molar-refractivity contribution in [3.05, 3.63) is 34.1 Å². The second kappa shape index (κ2) is 6.95. The molecule has 0 saturated heterocycles. The molecule has 0 unspecified atom stereocenters. The van der Waals surface area contributed by atoms with Gasteiger partial charge in [0.15, 0.2) is 5.82 Å². The van der Waals surface area contributed by atoms with Gasteiger partial charge in [-0.15, -0.1) is 0 Å². The van der Waals surface area contributed by atoms with Crippen molar-refractivity contribution in [2.45, 2.75) is 39.7 Å². The van der Waals surface area contributed by atoms with Crippen LogP contribution in [0.5, 0.6) is 0 Å². The summed E-state index contributed by atoms with van der Waals surface area (Å²) in [6.07, 6.45) is 1.98. The lowest BCUT2D eigenvalue weighted by Gasteiger charge is -2.15. The number of rotatable bonds is 5. The molecule has 0 spiro atoms. The molecule has 24 heavy (non-hydrogen) atoms. The lowest BCUT2D eigenvalue weighted by molar-refractivity contribution is 0.458. The lowest BCUT2D eigenvalue weighted by Crippen LogP contribution is -2.18. The van der Waals surface area contributed by atoms with Gasteiger partial charge in [0.25, 0.3) is 0 Å². The summed E-state index contributed by atoms with van der Waals surface area (Å²) in [6.45, 7) is 6.11. The van der Waals surface area contributed by atoms with E-state index in [-0.39, 0.29) is 0 Å². The summed E-state index contributed by atoms with van der Waals surface area (Å²) in [5.41, 5.74) is 2.49. The molecule has 0 aliphatic rings. The molecule has 5 nitrogen and oxygen atoms in total. The first-order chi connectivity index (χ1) is 11.5. The molecule has 3 aromatic rings. The van der Waals surface area contributed by atoms with Crippen molar-refractivity contribution in [1.29, 1.82) is 0 Å². The molecule has 7 heteroatoms. The Morgan fingerprint density at radius 1 is 1.17 bits per heavy atom. The molecule has 126 valence electrons. The molecule has 0 radical (unpaired) electrons. The minimum atomic E-state index is 0.315. The Morgan fingerprint density at radius 3 is 2.58 bits per heavy atom. The predicted molar refractivity (Wildman–Crippen MR) is 97.8 cm³/mol. The van der Waals surface area contributed by atoms with Crippen LogP contribution < -0.4 is 5.32 Å². The summed E-state index contributed by atoms with van der Waals surface area (Å²) in [6, 6.07) is 5.57. The third-order valence-electron chi connectivity index (χ3n) is 3.94. The number of hydrogen-bond acceptors (Lipinski definition) is 5. The third kappa shape index (κ3) is 3.19. The monoisotopic (exact) mass is 364 g/mol. The molecule has 0 amide bonds. The topological polar surface area (TPSA) is 63.8 Å². The second-order valence-electron chi connectivity index (χ2n) is 5.61. The minimum absolute atomic E-state index is 0.315. The average molecular weight is 365 g/mol. The number of nitrogens with zero attached hydrogens (tertiary/aromatic N) is 3.